The molecule has 0 saturated carbocycles. The standard InChI is InChI=1S/C13H15BrN2S/c1-8-6-10(14)4-5-11(8)13-16-9(2)12(17-13)7-15-3/h4-6,15H,7H2,1-3H3. The average Bonchev–Trinajstić information content (AvgIpc) is 2.60. The molecule has 0 amide bonds. The number of nitrogens with one attached hydrogen (secondary N) is 1. The highest BCUT2D eigenvalue weighted by Crippen LogP contribution is 2.31. The summed E-state index contributed by atoms with van der Waals surface area (Å²) in [4.78, 5) is 5.96. The van der Waals surface area contributed by atoms with E-state index >= 15 is 0 Å². The topological polar surface area (TPSA) is 24.9 Å². The van der Waals surface area contributed by atoms with E-state index in [0.29, 0.717) is 0 Å². The second kappa shape index (κ2) is 5.29. The van der Waals surface area contributed by atoms with Gasteiger partial charge in [0.2, 0.25) is 0 Å². The molecule has 0 unspecified atom stereocenters. The minimum atomic E-state index is 0.888. The van der Waals surface area contributed by atoms with Gasteiger partial charge < -0.3 is 5.32 Å². The lowest BCUT2D eigenvalue weighted by atomic mass is 10.1. The molecule has 2 rings (SSSR count). The quantitative estimate of drug-likeness (QED) is 0.929. The lowest BCUT2D eigenvalue weighted by Crippen LogP contribution is -2.04. The molecular weight excluding hydrogens is 296 g/mol. The summed E-state index contributed by atoms with van der Waals surface area (Å²) in [7, 11) is 1.96. The molecule has 0 spiro atoms. The highest BCUT2D eigenvalue weighted by molar-refractivity contribution is 9.10. The smallest absolute Gasteiger partial charge is 0.124 e. The van der Waals surface area contributed by atoms with E-state index in [9.17, 15) is 0 Å². The van der Waals surface area contributed by atoms with Gasteiger partial charge in [-0.1, -0.05) is 22.0 Å². The number of halogens is 1. The Labute approximate surface area is 114 Å². The molecule has 90 valence electrons. The van der Waals surface area contributed by atoms with Crippen LogP contribution in [-0.2, 0) is 6.54 Å². The van der Waals surface area contributed by atoms with Crippen LogP contribution in [0, 0.1) is 13.8 Å². The van der Waals surface area contributed by atoms with Gasteiger partial charge in [-0.15, -0.1) is 11.3 Å². The molecule has 4 heteroatoms. The van der Waals surface area contributed by atoms with Crippen molar-refractivity contribution in [3.05, 3.63) is 38.8 Å². The molecule has 0 radical (unpaired) electrons. The van der Waals surface area contributed by atoms with Crippen LogP contribution in [0.2, 0.25) is 0 Å². The van der Waals surface area contributed by atoms with Gasteiger partial charge in [0, 0.05) is 21.5 Å². The summed E-state index contributed by atoms with van der Waals surface area (Å²) < 4.78 is 1.11. The summed E-state index contributed by atoms with van der Waals surface area (Å²) in [6.45, 7) is 5.08. The zero-order chi connectivity index (χ0) is 12.4. The molecule has 1 N–H and O–H groups in total. The Morgan fingerprint density at radius 1 is 1.35 bits per heavy atom. The average molecular weight is 311 g/mol. The summed E-state index contributed by atoms with van der Waals surface area (Å²) in [5, 5.41) is 4.29. The van der Waals surface area contributed by atoms with Gasteiger partial charge in [0.15, 0.2) is 0 Å². The van der Waals surface area contributed by atoms with Crippen LogP contribution < -0.4 is 5.32 Å². The van der Waals surface area contributed by atoms with Crippen molar-refractivity contribution in [2.24, 2.45) is 0 Å². The molecule has 1 aromatic carbocycles. The van der Waals surface area contributed by atoms with Crippen LogP contribution in [0.25, 0.3) is 10.6 Å². The third-order valence-electron chi connectivity index (χ3n) is 2.65. The zero-order valence-corrected chi connectivity index (χ0v) is 12.6. The fraction of sp³-hybridized carbons (Fsp3) is 0.308. The zero-order valence-electron chi connectivity index (χ0n) is 10.2. The van der Waals surface area contributed by atoms with Crippen molar-refractivity contribution < 1.29 is 0 Å². The number of rotatable bonds is 3. The number of hydrogen-bond acceptors (Lipinski definition) is 3. The Balaban J connectivity index is 2.42. The number of nitrogens with zero attached hydrogens (tertiary/aromatic N) is 1. The van der Waals surface area contributed by atoms with E-state index in [1.165, 1.54) is 16.0 Å². The fourth-order valence-corrected chi connectivity index (χ4v) is 3.38. The van der Waals surface area contributed by atoms with E-state index < -0.39 is 0 Å². The molecule has 2 aromatic rings. The minimum absolute atomic E-state index is 0.888. The summed E-state index contributed by atoms with van der Waals surface area (Å²) in [6, 6.07) is 6.32. The van der Waals surface area contributed by atoms with E-state index in [4.69, 9.17) is 0 Å². The molecule has 0 fully saturated rings. The van der Waals surface area contributed by atoms with Gasteiger partial charge in [-0.25, -0.2) is 4.98 Å². The molecule has 1 heterocycles. The van der Waals surface area contributed by atoms with Gasteiger partial charge in [-0.05, 0) is 38.6 Å². The van der Waals surface area contributed by atoms with Crippen LogP contribution in [0.3, 0.4) is 0 Å². The molecule has 0 bridgehead atoms. The number of hydrogen-bond donors (Lipinski definition) is 1. The van der Waals surface area contributed by atoms with Crippen LogP contribution in [0.4, 0.5) is 0 Å². The van der Waals surface area contributed by atoms with E-state index in [0.717, 1.165) is 21.7 Å². The molecule has 0 aliphatic rings. The van der Waals surface area contributed by atoms with Crippen molar-refractivity contribution in [3.8, 4) is 10.6 Å². The predicted molar refractivity (Wildman–Crippen MR) is 77.5 cm³/mol. The number of aromatic nitrogens is 1. The maximum Gasteiger partial charge on any atom is 0.124 e. The molecule has 1 aromatic heterocycles. The highest BCUT2D eigenvalue weighted by Gasteiger charge is 2.10. The maximum absolute atomic E-state index is 4.65. The first-order valence-corrected chi connectivity index (χ1v) is 7.10. The van der Waals surface area contributed by atoms with E-state index in [-0.39, 0.29) is 0 Å². The molecule has 0 atom stereocenters. The van der Waals surface area contributed by atoms with E-state index in [1.807, 2.05) is 7.05 Å². The molecule has 0 aliphatic carbocycles. The molecule has 17 heavy (non-hydrogen) atoms. The van der Waals surface area contributed by atoms with E-state index in [2.05, 4.69) is 58.3 Å². The largest absolute Gasteiger partial charge is 0.315 e. The molecule has 2 nitrogen and oxygen atoms in total. The SMILES string of the molecule is CNCc1sc(-c2ccc(Br)cc2C)nc1C. The van der Waals surface area contributed by atoms with Crippen molar-refractivity contribution >= 4 is 27.3 Å². The van der Waals surface area contributed by atoms with Gasteiger partial charge in [-0.3, -0.25) is 0 Å². The normalized spacial score (nSPS) is 10.8. The van der Waals surface area contributed by atoms with Crippen molar-refractivity contribution in [1.82, 2.24) is 10.3 Å². The van der Waals surface area contributed by atoms with Crippen molar-refractivity contribution in [1.29, 1.82) is 0 Å². The first-order chi connectivity index (χ1) is 8.11. The third-order valence-corrected chi connectivity index (χ3v) is 4.33. The summed E-state index contributed by atoms with van der Waals surface area (Å²) in [5.74, 6) is 0. The predicted octanol–water partition coefficient (Wildman–Crippen LogP) is 3.91. The Kier molecular flexibility index (Phi) is 3.97. The van der Waals surface area contributed by atoms with Gasteiger partial charge in [0.1, 0.15) is 5.01 Å². The fourth-order valence-electron chi connectivity index (χ4n) is 1.73. The van der Waals surface area contributed by atoms with Crippen LogP contribution in [0.15, 0.2) is 22.7 Å². The lowest BCUT2D eigenvalue weighted by molar-refractivity contribution is 0.823. The highest BCUT2D eigenvalue weighted by atomic mass is 79.9. The van der Waals surface area contributed by atoms with E-state index in [1.54, 1.807) is 11.3 Å². The monoisotopic (exact) mass is 310 g/mol. The molecule has 0 saturated heterocycles. The van der Waals surface area contributed by atoms with Crippen molar-refractivity contribution in [2.45, 2.75) is 20.4 Å². The number of thiazole rings is 1. The second-order valence-corrected chi connectivity index (χ2v) is 6.02. The van der Waals surface area contributed by atoms with Gasteiger partial charge in [0.05, 0.1) is 5.69 Å². The van der Waals surface area contributed by atoms with Crippen molar-refractivity contribution in [3.63, 3.8) is 0 Å². The Hall–Kier alpha value is -0.710. The second-order valence-electron chi connectivity index (χ2n) is 4.02. The molecular formula is C13H15BrN2S. The van der Waals surface area contributed by atoms with Crippen LogP contribution in [0.5, 0.6) is 0 Å². The Bertz CT molecular complexity index is 534. The van der Waals surface area contributed by atoms with Gasteiger partial charge in [0.25, 0.3) is 0 Å². The Morgan fingerprint density at radius 2 is 2.12 bits per heavy atom. The summed E-state index contributed by atoms with van der Waals surface area (Å²) in [6.07, 6.45) is 0. The van der Waals surface area contributed by atoms with Crippen LogP contribution >= 0.6 is 27.3 Å². The van der Waals surface area contributed by atoms with Gasteiger partial charge in [-0.2, -0.15) is 0 Å². The third kappa shape index (κ3) is 2.76. The molecule has 0 aliphatic heterocycles. The number of aryl methyl sites for hydroxylation is 2. The summed E-state index contributed by atoms with van der Waals surface area (Å²) >= 11 is 5.25. The van der Waals surface area contributed by atoms with Crippen LogP contribution in [0.1, 0.15) is 16.1 Å². The Morgan fingerprint density at radius 3 is 2.76 bits per heavy atom. The maximum atomic E-state index is 4.65. The number of benzene rings is 1. The van der Waals surface area contributed by atoms with Crippen LogP contribution in [-0.4, -0.2) is 12.0 Å². The first kappa shape index (κ1) is 12.7. The minimum Gasteiger partial charge on any atom is -0.315 e. The first-order valence-electron chi connectivity index (χ1n) is 5.49. The van der Waals surface area contributed by atoms with Crippen molar-refractivity contribution in [2.75, 3.05) is 7.05 Å². The van der Waals surface area contributed by atoms with Gasteiger partial charge >= 0.3 is 0 Å². The summed E-state index contributed by atoms with van der Waals surface area (Å²) in [5.41, 5.74) is 3.61. The lowest BCUT2D eigenvalue weighted by Gasteiger charge is -2.02.